The van der Waals surface area contributed by atoms with Gasteiger partial charge < -0.3 is 4.90 Å². The number of piperidine rings is 1. The average molecular weight is 341 g/mol. The van der Waals surface area contributed by atoms with Crippen molar-refractivity contribution in [1.82, 2.24) is 9.80 Å². The van der Waals surface area contributed by atoms with E-state index < -0.39 is 9.84 Å². The highest BCUT2D eigenvalue weighted by atomic mass is 32.2. The van der Waals surface area contributed by atoms with Gasteiger partial charge in [-0.2, -0.15) is 0 Å². The maximum Gasteiger partial charge on any atom is 0.152 e. The molecule has 0 spiro atoms. The molecule has 2 aliphatic heterocycles. The van der Waals surface area contributed by atoms with E-state index in [0.29, 0.717) is 17.5 Å². The second-order valence-electron chi connectivity index (χ2n) is 7.83. The van der Waals surface area contributed by atoms with Crippen molar-refractivity contribution in [2.75, 3.05) is 44.2 Å². The van der Waals surface area contributed by atoms with Crippen molar-refractivity contribution >= 4 is 9.84 Å². The van der Waals surface area contributed by atoms with Crippen LogP contribution >= 0.6 is 0 Å². The third-order valence-corrected chi connectivity index (χ3v) is 7.88. The zero-order valence-electron chi connectivity index (χ0n) is 14.7. The predicted octanol–water partition coefficient (Wildman–Crippen LogP) is 2.17. The van der Waals surface area contributed by atoms with Crippen LogP contribution < -0.4 is 0 Å². The first-order valence-corrected chi connectivity index (χ1v) is 11.1. The minimum absolute atomic E-state index is 0.358. The summed E-state index contributed by atoms with van der Waals surface area (Å²) >= 11 is 0. The molecule has 1 aliphatic carbocycles. The molecule has 0 unspecified atom stereocenters. The number of allylic oxidation sites excluding steroid dienone is 1. The number of hydrogen-bond donors (Lipinski definition) is 0. The summed E-state index contributed by atoms with van der Waals surface area (Å²) in [7, 11) is -2.75. The van der Waals surface area contributed by atoms with Crippen LogP contribution in [0.5, 0.6) is 0 Å². The van der Waals surface area contributed by atoms with Gasteiger partial charge in [-0.1, -0.05) is 18.6 Å². The Morgan fingerprint density at radius 2 is 1.74 bits per heavy atom. The van der Waals surface area contributed by atoms with E-state index in [9.17, 15) is 8.42 Å². The fraction of sp³-hybridized carbons (Fsp3) is 0.889. The van der Waals surface area contributed by atoms with Crippen molar-refractivity contribution in [1.29, 1.82) is 0 Å². The maximum atomic E-state index is 11.6. The van der Waals surface area contributed by atoms with Crippen molar-refractivity contribution in [2.24, 2.45) is 11.8 Å². The number of sulfone groups is 1. The van der Waals surface area contributed by atoms with Gasteiger partial charge in [-0.3, -0.25) is 4.90 Å². The number of likely N-dealkylation sites (tertiary alicyclic amines) is 1. The Kier molecular flexibility index (Phi) is 5.49. The van der Waals surface area contributed by atoms with E-state index in [-0.39, 0.29) is 0 Å². The second kappa shape index (κ2) is 7.24. The number of rotatable bonds is 3. The summed E-state index contributed by atoms with van der Waals surface area (Å²) in [6.45, 7) is 9.76. The van der Waals surface area contributed by atoms with Crippen LogP contribution in [0.3, 0.4) is 0 Å². The smallest absolute Gasteiger partial charge is 0.152 e. The van der Waals surface area contributed by atoms with Crippen LogP contribution in [0.2, 0.25) is 0 Å². The summed E-state index contributed by atoms with van der Waals surface area (Å²) in [5.74, 6) is 2.26. The molecule has 2 heterocycles. The topological polar surface area (TPSA) is 40.6 Å². The molecule has 2 saturated heterocycles. The summed E-state index contributed by atoms with van der Waals surface area (Å²) in [6.07, 6.45) is 7.42. The van der Waals surface area contributed by atoms with Crippen molar-refractivity contribution in [3.8, 4) is 0 Å². The fourth-order valence-corrected chi connectivity index (χ4v) is 5.77. The molecule has 0 aromatic carbocycles. The van der Waals surface area contributed by atoms with Gasteiger partial charge in [0.15, 0.2) is 9.84 Å². The van der Waals surface area contributed by atoms with E-state index in [1.165, 1.54) is 45.3 Å². The van der Waals surface area contributed by atoms with Gasteiger partial charge in [0.2, 0.25) is 0 Å². The Hall–Kier alpha value is -0.390. The standard InChI is InChI=1S/C18H32N2O2S/c1-15-4-3-5-16(2)18(15)14-19-8-6-17(7-9-19)20-10-12-23(21,22)13-11-20/h4,16-18H,3,5-14H2,1-2H3/t16-,18+/m1/s1. The molecule has 3 aliphatic rings. The summed E-state index contributed by atoms with van der Waals surface area (Å²) in [5.41, 5.74) is 1.59. The van der Waals surface area contributed by atoms with Crippen LogP contribution in [0.1, 0.15) is 39.5 Å². The molecular formula is C18H32N2O2S. The maximum absolute atomic E-state index is 11.6. The lowest BCUT2D eigenvalue weighted by Gasteiger charge is -2.42. The molecule has 0 radical (unpaired) electrons. The Balaban J connectivity index is 1.47. The first-order chi connectivity index (χ1) is 10.9. The summed E-state index contributed by atoms with van der Waals surface area (Å²) in [4.78, 5) is 5.06. The van der Waals surface area contributed by atoms with Crippen LogP contribution in [-0.2, 0) is 9.84 Å². The Labute approximate surface area is 141 Å². The fourth-order valence-electron chi connectivity index (χ4n) is 4.54. The van der Waals surface area contributed by atoms with Crippen LogP contribution in [0.4, 0.5) is 0 Å². The molecule has 132 valence electrons. The van der Waals surface area contributed by atoms with E-state index in [2.05, 4.69) is 29.7 Å². The molecule has 5 heteroatoms. The molecule has 2 atom stereocenters. The van der Waals surface area contributed by atoms with Crippen molar-refractivity contribution < 1.29 is 8.42 Å². The van der Waals surface area contributed by atoms with Gasteiger partial charge in [-0.15, -0.1) is 0 Å². The van der Waals surface area contributed by atoms with Gasteiger partial charge in [0.1, 0.15) is 0 Å². The van der Waals surface area contributed by atoms with Crippen LogP contribution in [0, 0.1) is 11.8 Å². The number of hydrogen-bond acceptors (Lipinski definition) is 4. The highest BCUT2D eigenvalue weighted by molar-refractivity contribution is 7.91. The third-order valence-electron chi connectivity index (χ3n) is 6.27. The van der Waals surface area contributed by atoms with E-state index in [1.54, 1.807) is 5.57 Å². The molecule has 0 amide bonds. The highest BCUT2D eigenvalue weighted by Crippen LogP contribution is 2.31. The molecule has 0 N–H and O–H groups in total. The van der Waals surface area contributed by atoms with Gasteiger partial charge in [0.25, 0.3) is 0 Å². The zero-order chi connectivity index (χ0) is 16.4. The quantitative estimate of drug-likeness (QED) is 0.739. The number of nitrogens with zero attached hydrogens (tertiary/aromatic N) is 2. The summed E-state index contributed by atoms with van der Waals surface area (Å²) in [6, 6.07) is 0.599. The monoisotopic (exact) mass is 340 g/mol. The summed E-state index contributed by atoms with van der Waals surface area (Å²) in [5, 5.41) is 0. The van der Waals surface area contributed by atoms with E-state index >= 15 is 0 Å². The molecule has 23 heavy (non-hydrogen) atoms. The zero-order valence-corrected chi connectivity index (χ0v) is 15.5. The average Bonchev–Trinajstić information content (AvgIpc) is 2.52. The van der Waals surface area contributed by atoms with Gasteiger partial charge >= 0.3 is 0 Å². The van der Waals surface area contributed by atoms with Gasteiger partial charge in [0, 0.05) is 25.7 Å². The minimum Gasteiger partial charge on any atom is -0.303 e. The van der Waals surface area contributed by atoms with E-state index in [1.807, 2.05) is 0 Å². The lowest BCUT2D eigenvalue weighted by Crippen LogP contribution is -2.51. The van der Waals surface area contributed by atoms with Crippen LogP contribution in [0.15, 0.2) is 11.6 Å². The van der Waals surface area contributed by atoms with E-state index in [4.69, 9.17) is 0 Å². The van der Waals surface area contributed by atoms with Crippen molar-refractivity contribution in [3.63, 3.8) is 0 Å². The lowest BCUT2D eigenvalue weighted by atomic mass is 9.79. The SMILES string of the molecule is CC1=CCC[C@@H](C)[C@H]1CN1CCC(N2CCS(=O)(=O)CC2)CC1. The molecule has 0 aromatic rings. The molecule has 0 aromatic heterocycles. The summed E-state index contributed by atoms with van der Waals surface area (Å²) < 4.78 is 23.1. The Bertz CT molecular complexity index is 521. The molecular weight excluding hydrogens is 308 g/mol. The molecule has 3 rings (SSSR count). The van der Waals surface area contributed by atoms with Gasteiger partial charge in [-0.25, -0.2) is 8.42 Å². The lowest BCUT2D eigenvalue weighted by molar-refractivity contribution is 0.100. The van der Waals surface area contributed by atoms with Crippen LogP contribution in [-0.4, -0.2) is 68.5 Å². The second-order valence-corrected chi connectivity index (χ2v) is 10.1. The largest absolute Gasteiger partial charge is 0.303 e. The molecule has 0 bridgehead atoms. The Morgan fingerprint density at radius 3 is 2.35 bits per heavy atom. The first-order valence-electron chi connectivity index (χ1n) is 9.28. The predicted molar refractivity (Wildman–Crippen MR) is 95.3 cm³/mol. The normalized spacial score (nSPS) is 34.3. The van der Waals surface area contributed by atoms with Gasteiger partial charge in [-0.05, 0) is 57.5 Å². The molecule has 0 saturated carbocycles. The first kappa shape index (κ1) is 17.4. The van der Waals surface area contributed by atoms with Crippen molar-refractivity contribution in [2.45, 2.75) is 45.6 Å². The van der Waals surface area contributed by atoms with Crippen molar-refractivity contribution in [3.05, 3.63) is 11.6 Å². The van der Waals surface area contributed by atoms with Gasteiger partial charge in [0.05, 0.1) is 11.5 Å². The minimum atomic E-state index is -2.75. The third kappa shape index (κ3) is 4.37. The Morgan fingerprint density at radius 1 is 1.09 bits per heavy atom. The highest BCUT2D eigenvalue weighted by Gasteiger charge is 2.31. The van der Waals surface area contributed by atoms with Crippen LogP contribution in [0.25, 0.3) is 0 Å². The molecule has 4 nitrogen and oxygen atoms in total. The molecule has 2 fully saturated rings. The van der Waals surface area contributed by atoms with E-state index in [0.717, 1.165) is 24.9 Å².